The number of aryl methyl sites for hydroxylation is 2. The van der Waals surface area contributed by atoms with Gasteiger partial charge in [0.1, 0.15) is 11.5 Å². The molecule has 2 aliphatic rings. The fourth-order valence-corrected chi connectivity index (χ4v) is 4.90. The van der Waals surface area contributed by atoms with E-state index in [4.69, 9.17) is 8.83 Å². The van der Waals surface area contributed by atoms with Crippen molar-refractivity contribution in [1.29, 1.82) is 0 Å². The van der Waals surface area contributed by atoms with Crippen LogP contribution < -0.4 is 0 Å². The minimum absolute atomic E-state index is 0.0200. The van der Waals surface area contributed by atoms with Crippen LogP contribution in [0.3, 0.4) is 0 Å². The summed E-state index contributed by atoms with van der Waals surface area (Å²) in [7, 11) is 0. The van der Waals surface area contributed by atoms with Crippen molar-refractivity contribution < 1.29 is 18.4 Å². The first-order chi connectivity index (χ1) is 17.4. The molecule has 2 aromatic heterocycles. The van der Waals surface area contributed by atoms with Crippen LogP contribution >= 0.6 is 0 Å². The molecule has 0 N–H and O–H groups in total. The molecule has 3 aromatic rings. The van der Waals surface area contributed by atoms with Gasteiger partial charge in [-0.3, -0.25) is 19.4 Å². The third-order valence-corrected chi connectivity index (χ3v) is 7.06. The van der Waals surface area contributed by atoms with Crippen LogP contribution in [0, 0.1) is 13.8 Å². The van der Waals surface area contributed by atoms with Crippen LogP contribution in [0.1, 0.15) is 43.8 Å². The van der Waals surface area contributed by atoms with Crippen LogP contribution in [0.15, 0.2) is 57.4 Å². The fraction of sp³-hybridized carbons (Fsp3) is 0.429. The van der Waals surface area contributed by atoms with Crippen molar-refractivity contribution in [2.75, 3.05) is 52.4 Å². The summed E-state index contributed by atoms with van der Waals surface area (Å²) in [6.07, 6.45) is 0. The zero-order valence-electron chi connectivity index (χ0n) is 21.1. The molecule has 0 bridgehead atoms. The van der Waals surface area contributed by atoms with Gasteiger partial charge in [0, 0.05) is 65.4 Å². The summed E-state index contributed by atoms with van der Waals surface area (Å²) in [5.41, 5.74) is 2.56. The monoisotopic (exact) mass is 490 g/mol. The van der Waals surface area contributed by atoms with Gasteiger partial charge in [-0.05, 0) is 49.2 Å². The predicted octanol–water partition coefficient (Wildman–Crippen LogP) is 3.41. The Morgan fingerprint density at radius 3 is 1.25 bits per heavy atom. The lowest BCUT2D eigenvalue weighted by atomic mass is 10.1. The van der Waals surface area contributed by atoms with Crippen molar-refractivity contribution in [1.82, 2.24) is 19.6 Å². The van der Waals surface area contributed by atoms with Crippen molar-refractivity contribution in [2.24, 2.45) is 0 Å². The zero-order chi connectivity index (χ0) is 25.1. The highest BCUT2D eigenvalue weighted by atomic mass is 16.4. The maximum atomic E-state index is 12.6. The Balaban J connectivity index is 1.05. The maximum Gasteiger partial charge on any atom is 0.289 e. The van der Waals surface area contributed by atoms with Gasteiger partial charge in [0.05, 0.1) is 0 Å². The summed E-state index contributed by atoms with van der Waals surface area (Å²) in [4.78, 5) is 33.7. The molecule has 0 aliphatic carbocycles. The zero-order valence-corrected chi connectivity index (χ0v) is 21.1. The Labute approximate surface area is 212 Å². The van der Waals surface area contributed by atoms with Crippen LogP contribution in [0.4, 0.5) is 0 Å². The van der Waals surface area contributed by atoms with Crippen molar-refractivity contribution in [3.05, 3.63) is 82.7 Å². The van der Waals surface area contributed by atoms with Gasteiger partial charge in [-0.1, -0.05) is 24.3 Å². The van der Waals surface area contributed by atoms with Crippen LogP contribution in [-0.2, 0) is 13.1 Å². The van der Waals surface area contributed by atoms with E-state index >= 15 is 0 Å². The Kier molecular flexibility index (Phi) is 7.25. The summed E-state index contributed by atoms with van der Waals surface area (Å²) in [5.74, 6) is 2.34. The number of rotatable bonds is 6. The van der Waals surface area contributed by atoms with Crippen molar-refractivity contribution >= 4 is 11.8 Å². The van der Waals surface area contributed by atoms with Crippen molar-refractivity contribution in [3.8, 4) is 0 Å². The molecular weight excluding hydrogens is 456 g/mol. The highest BCUT2D eigenvalue weighted by Crippen LogP contribution is 2.16. The summed E-state index contributed by atoms with van der Waals surface area (Å²) < 4.78 is 11.0. The average molecular weight is 491 g/mol. The third-order valence-electron chi connectivity index (χ3n) is 7.06. The second-order valence-electron chi connectivity index (χ2n) is 9.77. The fourth-order valence-electron chi connectivity index (χ4n) is 4.90. The molecule has 0 radical (unpaired) electrons. The number of furan rings is 2. The quantitative estimate of drug-likeness (QED) is 0.527. The minimum Gasteiger partial charge on any atom is -0.456 e. The number of carbonyl (C=O) groups is 2. The number of amides is 2. The summed E-state index contributed by atoms with van der Waals surface area (Å²) >= 11 is 0. The normalized spacial score (nSPS) is 17.5. The SMILES string of the molecule is Cc1ccc(C(=O)N2CCN(Cc3ccc(CN4CCN(C(=O)c5ccc(C)o5)CC4)cc3)CC2)o1. The van der Waals surface area contributed by atoms with E-state index in [1.54, 1.807) is 12.1 Å². The van der Waals surface area contributed by atoms with E-state index in [0.717, 1.165) is 50.8 Å². The molecule has 8 heteroatoms. The second-order valence-corrected chi connectivity index (χ2v) is 9.77. The Morgan fingerprint density at radius 1 is 0.583 bits per heavy atom. The molecule has 2 fully saturated rings. The molecule has 4 heterocycles. The first-order valence-corrected chi connectivity index (χ1v) is 12.7. The number of nitrogens with zero attached hydrogens (tertiary/aromatic N) is 4. The first kappa shape index (κ1) is 24.3. The Morgan fingerprint density at radius 2 is 0.944 bits per heavy atom. The molecule has 2 amide bonds. The smallest absolute Gasteiger partial charge is 0.289 e. The van der Waals surface area contributed by atoms with E-state index in [0.29, 0.717) is 37.7 Å². The van der Waals surface area contributed by atoms with Gasteiger partial charge < -0.3 is 18.6 Å². The molecule has 2 saturated heterocycles. The van der Waals surface area contributed by atoms with E-state index in [-0.39, 0.29) is 11.8 Å². The molecule has 0 unspecified atom stereocenters. The molecule has 0 spiro atoms. The topological polar surface area (TPSA) is 73.4 Å². The van der Waals surface area contributed by atoms with E-state index in [1.807, 2.05) is 35.8 Å². The van der Waals surface area contributed by atoms with Gasteiger partial charge in [-0.25, -0.2) is 0 Å². The van der Waals surface area contributed by atoms with Crippen LogP contribution in [0.25, 0.3) is 0 Å². The van der Waals surface area contributed by atoms with Crippen LogP contribution in [0.5, 0.6) is 0 Å². The number of benzene rings is 1. The molecule has 36 heavy (non-hydrogen) atoms. The summed E-state index contributed by atoms with van der Waals surface area (Å²) in [5, 5.41) is 0. The molecule has 1 aromatic carbocycles. The van der Waals surface area contributed by atoms with Gasteiger partial charge in [-0.15, -0.1) is 0 Å². The molecule has 2 aliphatic heterocycles. The Hall–Kier alpha value is -3.36. The number of carbonyl (C=O) groups excluding carboxylic acids is 2. The van der Waals surface area contributed by atoms with E-state index in [2.05, 4.69) is 34.1 Å². The lowest BCUT2D eigenvalue weighted by Crippen LogP contribution is -2.48. The van der Waals surface area contributed by atoms with Crippen molar-refractivity contribution in [3.63, 3.8) is 0 Å². The molecule has 0 atom stereocenters. The van der Waals surface area contributed by atoms with E-state index in [9.17, 15) is 9.59 Å². The number of piperazine rings is 2. The van der Waals surface area contributed by atoms with Gasteiger partial charge in [0.25, 0.3) is 11.8 Å². The molecule has 190 valence electrons. The van der Waals surface area contributed by atoms with Crippen LogP contribution in [0.2, 0.25) is 0 Å². The average Bonchev–Trinajstić information content (AvgIpc) is 3.53. The predicted molar refractivity (Wildman–Crippen MR) is 136 cm³/mol. The Bertz CT molecular complexity index is 1090. The standard InChI is InChI=1S/C28H34N4O4/c1-21-3-9-25(35-21)27(33)31-15-11-29(12-16-31)19-23-5-7-24(8-6-23)20-30-13-17-32(18-14-30)28(34)26-10-4-22(2)36-26/h3-10H,11-20H2,1-2H3. The van der Waals surface area contributed by atoms with Gasteiger partial charge in [0.2, 0.25) is 0 Å². The van der Waals surface area contributed by atoms with Gasteiger partial charge in [-0.2, -0.15) is 0 Å². The van der Waals surface area contributed by atoms with Gasteiger partial charge in [0.15, 0.2) is 11.5 Å². The molecule has 8 nitrogen and oxygen atoms in total. The third kappa shape index (κ3) is 5.71. The lowest BCUT2D eigenvalue weighted by molar-refractivity contribution is 0.0589. The number of hydrogen-bond acceptors (Lipinski definition) is 6. The first-order valence-electron chi connectivity index (χ1n) is 12.7. The molecular formula is C28H34N4O4. The summed E-state index contributed by atoms with van der Waals surface area (Å²) in [6, 6.07) is 16.0. The van der Waals surface area contributed by atoms with Crippen LogP contribution in [-0.4, -0.2) is 83.8 Å². The highest BCUT2D eigenvalue weighted by molar-refractivity contribution is 5.92. The number of hydrogen-bond donors (Lipinski definition) is 0. The lowest BCUT2D eigenvalue weighted by Gasteiger charge is -2.34. The second kappa shape index (κ2) is 10.7. The largest absolute Gasteiger partial charge is 0.456 e. The van der Waals surface area contributed by atoms with Gasteiger partial charge >= 0.3 is 0 Å². The molecule has 0 saturated carbocycles. The van der Waals surface area contributed by atoms with E-state index in [1.165, 1.54) is 11.1 Å². The maximum absolute atomic E-state index is 12.6. The molecule has 5 rings (SSSR count). The van der Waals surface area contributed by atoms with E-state index < -0.39 is 0 Å². The minimum atomic E-state index is -0.0200. The summed E-state index contributed by atoms with van der Waals surface area (Å²) in [6.45, 7) is 11.7. The highest BCUT2D eigenvalue weighted by Gasteiger charge is 2.25. The van der Waals surface area contributed by atoms with Crippen molar-refractivity contribution in [2.45, 2.75) is 26.9 Å².